The number of hydrogen-bond acceptors (Lipinski definition) is 0. The van der Waals surface area contributed by atoms with E-state index in [-0.39, 0.29) is 0 Å². The van der Waals surface area contributed by atoms with Crippen LogP contribution in [0.2, 0.25) is 0 Å². The van der Waals surface area contributed by atoms with Crippen molar-refractivity contribution in [3.05, 3.63) is 158 Å². The summed E-state index contributed by atoms with van der Waals surface area (Å²) in [6.45, 7) is 80.0. The van der Waals surface area contributed by atoms with Crippen molar-refractivity contribution in [2.45, 2.75) is 508 Å². The maximum atomic E-state index is 2.30. The van der Waals surface area contributed by atoms with E-state index in [0.29, 0.717) is 0 Å². The highest BCUT2D eigenvalue weighted by Crippen LogP contribution is 2.17. The van der Waals surface area contributed by atoms with Gasteiger partial charge in [0.2, 0.25) is 0 Å². The number of benzene rings is 2. The van der Waals surface area contributed by atoms with Crippen LogP contribution in [0.1, 0.15) is 508 Å². The largest absolute Gasteiger partial charge is 0.0885 e. The Morgan fingerprint density at radius 1 is 0.125 bits per heavy atom. The molecule has 9 aliphatic rings. The molecule has 0 spiro atoms. The van der Waals surface area contributed by atoms with Crippen molar-refractivity contribution in [1.82, 2.24) is 0 Å². The lowest BCUT2D eigenvalue weighted by atomic mass is 10.0. The quantitative estimate of drug-likeness (QED) is 0.182. The molecule has 0 aliphatic heterocycles. The summed E-state index contributed by atoms with van der Waals surface area (Å²) in [6, 6.07) is 16.7. The summed E-state index contributed by atoms with van der Waals surface area (Å²) in [4.78, 5) is 0. The summed E-state index contributed by atoms with van der Waals surface area (Å²) < 4.78 is 0. The second-order valence-corrected chi connectivity index (χ2v) is 18.3. The van der Waals surface area contributed by atoms with Gasteiger partial charge in [0.25, 0.3) is 0 Å². The van der Waals surface area contributed by atoms with Gasteiger partial charge < -0.3 is 0 Å². The van der Waals surface area contributed by atoms with Crippen molar-refractivity contribution in [2.75, 3.05) is 0 Å². The van der Waals surface area contributed by atoms with Crippen LogP contribution in [0, 0.1) is 0 Å². The van der Waals surface area contributed by atoms with E-state index < -0.39 is 0 Å². The van der Waals surface area contributed by atoms with Crippen LogP contribution in [-0.2, 0) is 0 Å². The third-order valence-electron chi connectivity index (χ3n) is 12.3. The van der Waals surface area contributed by atoms with Crippen LogP contribution < -0.4 is 0 Å². The van der Waals surface area contributed by atoms with Crippen molar-refractivity contribution in [1.29, 1.82) is 0 Å². The Hall–Kier alpha value is -3.64. The summed E-state index contributed by atoms with van der Waals surface area (Å²) in [5.41, 5.74) is 0. The summed E-state index contributed by atoms with van der Waals surface area (Å²) in [7, 11) is 0. The van der Waals surface area contributed by atoms with E-state index in [1.165, 1.54) is 236 Å². The minimum Gasteiger partial charge on any atom is -0.0885 e. The SMILES string of the molecule is C1=CCC=C1.C1=CCCC1.C1=CCCC=C1.C1=CCCCC1.C1=CCCCC=C1.C1=CCCCCC1.C1CCCC1.C1CCCCC1.C1CCCCCC1.CC.CC.CC.CC.CC.CC.CC.CC.CC.CC.CC.CC.CC.CC.CC.CC.CC.CC.CC.CC.c1ccc2ccccc2c1. The first-order valence-corrected chi connectivity index (χ1v) is 47.3. The molecule has 0 N–H and O–H groups in total. The van der Waals surface area contributed by atoms with Crippen LogP contribution in [0.25, 0.3) is 10.8 Å². The predicted molar refractivity (Wildman–Crippen MR) is 519 cm³/mol. The molecular formula is C104H218. The molecule has 11 rings (SSSR count). The zero-order valence-electron chi connectivity index (χ0n) is 81.5. The lowest BCUT2D eigenvalue weighted by Gasteiger charge is -2.05. The molecule has 9 aliphatic carbocycles. The standard InChI is InChI=1S/C10H8.C7H14.C7H12.C7H10.C6H12.C6H10.C6H8.C5H10.C5H8.C5H6.20C2H6/c1-2-6-10-8-4-3-7-9(10)5-1;3*1-2-4-6-7-5-3-1;3*1-2-4-6-5-3-1;3*1-2-4-5-3-1;20*1-2/h1-8H;1-7H2;1-2H,3-7H2;1-4H,5-7H2;1-6H2;1-2H,3-6H2;1-4H,5-6H2;1-5H2;1-2H,3-5H2;1-4H,5H2;20*1-2H3. The Balaban J connectivity index is -0.0000000432. The van der Waals surface area contributed by atoms with Crippen molar-refractivity contribution >= 4 is 10.8 Å². The number of hydrogen-bond donors (Lipinski definition) is 0. The Bertz CT molecular complexity index is 1370. The molecule has 0 radical (unpaired) electrons. The van der Waals surface area contributed by atoms with E-state index in [2.05, 4.69) is 158 Å². The highest BCUT2D eigenvalue weighted by molar-refractivity contribution is 5.82. The molecule has 104 heavy (non-hydrogen) atoms. The Morgan fingerprint density at radius 3 is 0.394 bits per heavy atom. The predicted octanol–water partition coefficient (Wildman–Crippen LogP) is 42.4. The van der Waals surface area contributed by atoms with Crippen LogP contribution >= 0.6 is 0 Å². The van der Waals surface area contributed by atoms with Crippen LogP contribution in [0.4, 0.5) is 0 Å². The molecule has 3 fully saturated rings. The Kier molecular flexibility index (Phi) is 334. The normalized spacial score (nSPS) is 13.2. The molecule has 2 aromatic carbocycles. The van der Waals surface area contributed by atoms with Gasteiger partial charge in [0.05, 0.1) is 0 Å². The summed E-state index contributed by atoms with van der Waals surface area (Å²) >= 11 is 0. The van der Waals surface area contributed by atoms with Crippen LogP contribution in [-0.4, -0.2) is 0 Å². The fraction of sp³-hybridized carbons (Fsp3) is 0.731. The van der Waals surface area contributed by atoms with E-state index in [1.807, 2.05) is 277 Å². The number of allylic oxidation sites excluding steroid dienone is 18. The minimum absolute atomic E-state index is 1.14. The fourth-order valence-corrected chi connectivity index (χ4v) is 8.24. The number of fused-ring (bicyclic) bond motifs is 1. The highest BCUT2D eigenvalue weighted by Gasteiger charge is 1.97. The molecule has 2 aromatic rings. The lowest BCUT2D eigenvalue weighted by Crippen LogP contribution is -1.85. The van der Waals surface area contributed by atoms with Crippen molar-refractivity contribution in [3.8, 4) is 0 Å². The van der Waals surface area contributed by atoms with Crippen LogP contribution in [0.5, 0.6) is 0 Å². The van der Waals surface area contributed by atoms with Gasteiger partial charge in [-0.05, 0) is 120 Å². The van der Waals surface area contributed by atoms with E-state index in [0.717, 1.165) is 6.42 Å². The van der Waals surface area contributed by atoms with Gasteiger partial charge in [-0.3, -0.25) is 0 Å². The van der Waals surface area contributed by atoms with Crippen molar-refractivity contribution < 1.29 is 0 Å². The summed E-state index contributed by atoms with van der Waals surface area (Å²) in [5, 5.41) is 2.62. The third-order valence-corrected chi connectivity index (χ3v) is 12.3. The first-order valence-electron chi connectivity index (χ1n) is 47.3. The summed E-state index contributed by atoms with van der Waals surface area (Å²) in [5.74, 6) is 0. The molecule has 634 valence electrons. The molecule has 0 heterocycles. The second kappa shape index (κ2) is 232. The maximum absolute atomic E-state index is 2.30. The summed E-state index contributed by atoms with van der Waals surface area (Å²) in [6.07, 6.45) is 90.0. The van der Waals surface area contributed by atoms with Gasteiger partial charge in [-0.1, -0.05) is 557 Å². The van der Waals surface area contributed by atoms with E-state index in [1.54, 1.807) is 0 Å². The molecule has 0 bridgehead atoms. The second-order valence-electron chi connectivity index (χ2n) is 18.3. The fourth-order valence-electron chi connectivity index (χ4n) is 8.24. The number of rotatable bonds is 0. The van der Waals surface area contributed by atoms with Crippen molar-refractivity contribution in [3.63, 3.8) is 0 Å². The molecule has 0 saturated heterocycles. The molecule has 0 amide bonds. The molecule has 0 unspecified atom stereocenters. The lowest BCUT2D eigenvalue weighted by molar-refractivity contribution is 0.504. The average molecular weight is 1470 g/mol. The van der Waals surface area contributed by atoms with Crippen molar-refractivity contribution in [2.24, 2.45) is 0 Å². The highest BCUT2D eigenvalue weighted by atomic mass is 14.0. The zero-order chi connectivity index (χ0) is 85.0. The monoisotopic (exact) mass is 1470 g/mol. The molecule has 0 atom stereocenters. The maximum Gasteiger partial charge on any atom is -0.0163 e. The molecule has 3 saturated carbocycles. The molecular weight excluding hydrogens is 1250 g/mol. The van der Waals surface area contributed by atoms with E-state index >= 15 is 0 Å². The van der Waals surface area contributed by atoms with E-state index in [9.17, 15) is 0 Å². The smallest absolute Gasteiger partial charge is 0.0163 e. The Morgan fingerprint density at radius 2 is 0.250 bits per heavy atom. The van der Waals surface area contributed by atoms with Gasteiger partial charge in [-0.25, -0.2) is 0 Å². The van der Waals surface area contributed by atoms with Gasteiger partial charge in [-0.15, -0.1) is 0 Å². The Labute approximate surface area is 672 Å². The molecule has 0 heteroatoms. The minimum atomic E-state index is 1.14. The molecule has 0 aromatic heterocycles. The van der Waals surface area contributed by atoms with E-state index in [4.69, 9.17) is 0 Å². The van der Waals surface area contributed by atoms with Crippen LogP contribution in [0.3, 0.4) is 0 Å². The third kappa shape index (κ3) is 200. The van der Waals surface area contributed by atoms with Crippen LogP contribution in [0.15, 0.2) is 158 Å². The first kappa shape index (κ1) is 150. The van der Waals surface area contributed by atoms with Gasteiger partial charge >= 0.3 is 0 Å². The zero-order valence-corrected chi connectivity index (χ0v) is 81.5. The van der Waals surface area contributed by atoms with Gasteiger partial charge in [0, 0.05) is 0 Å². The molecule has 0 nitrogen and oxygen atoms in total. The van der Waals surface area contributed by atoms with Gasteiger partial charge in [0.15, 0.2) is 0 Å². The first-order chi connectivity index (χ1) is 52.0. The average Bonchev–Trinajstić information content (AvgIpc) is 1.13. The topological polar surface area (TPSA) is 0 Å². The van der Waals surface area contributed by atoms with Gasteiger partial charge in [-0.2, -0.15) is 0 Å². The van der Waals surface area contributed by atoms with Gasteiger partial charge in [0.1, 0.15) is 0 Å².